The van der Waals surface area contributed by atoms with Gasteiger partial charge in [0.25, 0.3) is 6.01 Å². The van der Waals surface area contributed by atoms with Crippen molar-refractivity contribution in [3.05, 3.63) is 18.2 Å². The molecule has 0 bridgehead atoms. The Labute approximate surface area is 107 Å². The van der Waals surface area contributed by atoms with Gasteiger partial charge in [0.05, 0.1) is 11.0 Å². The minimum absolute atomic E-state index is 0.311. The Morgan fingerprint density at radius 3 is 2.72 bits per heavy atom. The van der Waals surface area contributed by atoms with Crippen molar-refractivity contribution in [3.63, 3.8) is 0 Å². The maximum atomic E-state index is 5.95. The number of H-pyrrole nitrogens is 1. The molecule has 4 heteroatoms. The lowest BCUT2D eigenvalue weighted by molar-refractivity contribution is 0.170. The fourth-order valence-electron chi connectivity index (χ4n) is 2.58. The second-order valence-electron chi connectivity index (χ2n) is 5.05. The number of fused-ring (bicyclic) bond motifs is 1. The topological polar surface area (TPSA) is 63.9 Å². The van der Waals surface area contributed by atoms with E-state index in [-0.39, 0.29) is 0 Å². The van der Waals surface area contributed by atoms with Crippen LogP contribution in [0.2, 0.25) is 0 Å². The second-order valence-corrected chi connectivity index (χ2v) is 5.05. The quantitative estimate of drug-likeness (QED) is 0.630. The summed E-state index contributed by atoms with van der Waals surface area (Å²) in [5.74, 6) is 0. The first kappa shape index (κ1) is 11.4. The number of hydrogen-bond acceptors (Lipinski definition) is 3. The average molecular weight is 245 g/mol. The van der Waals surface area contributed by atoms with Gasteiger partial charge in [0.1, 0.15) is 6.10 Å². The molecule has 3 rings (SSSR count). The van der Waals surface area contributed by atoms with Gasteiger partial charge >= 0.3 is 0 Å². The first-order valence-corrected chi connectivity index (χ1v) is 6.73. The Hall–Kier alpha value is -1.71. The van der Waals surface area contributed by atoms with E-state index in [9.17, 15) is 0 Å². The van der Waals surface area contributed by atoms with Crippen molar-refractivity contribution in [3.8, 4) is 6.01 Å². The van der Waals surface area contributed by atoms with Gasteiger partial charge in [-0.2, -0.15) is 4.98 Å². The molecule has 0 spiro atoms. The molecule has 3 N–H and O–H groups in total. The lowest BCUT2D eigenvalue weighted by Gasteiger charge is -2.13. The molecule has 1 heterocycles. The zero-order chi connectivity index (χ0) is 12.4. The SMILES string of the molecule is Nc1ccc2nc(OC3CCCCCC3)[nH]c2c1. The molecule has 1 fully saturated rings. The van der Waals surface area contributed by atoms with Gasteiger partial charge in [-0.3, -0.25) is 0 Å². The summed E-state index contributed by atoms with van der Waals surface area (Å²) in [4.78, 5) is 7.64. The molecule has 4 nitrogen and oxygen atoms in total. The second kappa shape index (κ2) is 4.88. The third-order valence-electron chi connectivity index (χ3n) is 3.56. The fourth-order valence-corrected chi connectivity index (χ4v) is 2.58. The van der Waals surface area contributed by atoms with Crippen molar-refractivity contribution in [2.24, 2.45) is 0 Å². The van der Waals surface area contributed by atoms with Gasteiger partial charge in [0.15, 0.2) is 0 Å². The molecule has 0 amide bonds. The molecular weight excluding hydrogens is 226 g/mol. The Kier molecular flexibility index (Phi) is 3.09. The summed E-state index contributed by atoms with van der Waals surface area (Å²) in [6.07, 6.45) is 7.77. The highest BCUT2D eigenvalue weighted by molar-refractivity contribution is 5.79. The standard InChI is InChI=1S/C14H19N3O/c15-10-7-8-12-13(9-10)17-14(16-12)18-11-5-3-1-2-4-6-11/h7-9,11H,1-6,15H2,(H,16,17). The third kappa shape index (κ3) is 2.42. The van der Waals surface area contributed by atoms with E-state index in [1.54, 1.807) is 0 Å². The van der Waals surface area contributed by atoms with Crippen molar-refractivity contribution in [1.82, 2.24) is 9.97 Å². The van der Waals surface area contributed by atoms with Crippen molar-refractivity contribution < 1.29 is 4.74 Å². The smallest absolute Gasteiger partial charge is 0.294 e. The zero-order valence-electron chi connectivity index (χ0n) is 10.5. The van der Waals surface area contributed by atoms with Crippen molar-refractivity contribution in [1.29, 1.82) is 0 Å². The van der Waals surface area contributed by atoms with E-state index >= 15 is 0 Å². The lowest BCUT2D eigenvalue weighted by Crippen LogP contribution is -2.15. The molecule has 0 saturated heterocycles. The third-order valence-corrected chi connectivity index (χ3v) is 3.56. The van der Waals surface area contributed by atoms with Crippen LogP contribution < -0.4 is 10.5 Å². The molecule has 1 aliphatic carbocycles. The van der Waals surface area contributed by atoms with Crippen LogP contribution in [0.4, 0.5) is 5.69 Å². The highest BCUT2D eigenvalue weighted by Gasteiger charge is 2.15. The Bertz CT molecular complexity index is 527. The Morgan fingerprint density at radius 2 is 1.94 bits per heavy atom. The van der Waals surface area contributed by atoms with Gasteiger partial charge in [0.2, 0.25) is 0 Å². The minimum Gasteiger partial charge on any atom is -0.461 e. The van der Waals surface area contributed by atoms with Crippen molar-refractivity contribution in [2.75, 3.05) is 5.73 Å². The van der Waals surface area contributed by atoms with Gasteiger partial charge in [-0.25, -0.2) is 0 Å². The summed E-state index contributed by atoms with van der Waals surface area (Å²) in [6.45, 7) is 0. The summed E-state index contributed by atoms with van der Waals surface area (Å²) in [7, 11) is 0. The highest BCUT2D eigenvalue weighted by Crippen LogP contribution is 2.23. The fraction of sp³-hybridized carbons (Fsp3) is 0.500. The van der Waals surface area contributed by atoms with Crippen LogP contribution in [0.1, 0.15) is 38.5 Å². The Balaban J connectivity index is 1.77. The molecule has 1 saturated carbocycles. The average Bonchev–Trinajstić information content (AvgIpc) is 2.57. The predicted molar refractivity (Wildman–Crippen MR) is 72.6 cm³/mol. The van der Waals surface area contributed by atoms with Crippen molar-refractivity contribution in [2.45, 2.75) is 44.6 Å². The van der Waals surface area contributed by atoms with E-state index in [2.05, 4.69) is 9.97 Å². The first-order valence-electron chi connectivity index (χ1n) is 6.73. The van der Waals surface area contributed by atoms with Crippen molar-refractivity contribution >= 4 is 16.7 Å². The number of aromatic amines is 1. The Morgan fingerprint density at radius 1 is 1.17 bits per heavy atom. The number of benzene rings is 1. The number of nitrogen functional groups attached to an aromatic ring is 1. The normalized spacial score (nSPS) is 17.8. The maximum Gasteiger partial charge on any atom is 0.294 e. The van der Waals surface area contributed by atoms with Crippen LogP contribution in [0.5, 0.6) is 6.01 Å². The molecule has 0 unspecified atom stereocenters. The van der Waals surface area contributed by atoms with E-state index in [4.69, 9.17) is 10.5 Å². The number of hydrogen-bond donors (Lipinski definition) is 2. The summed E-state index contributed by atoms with van der Waals surface area (Å²) in [5, 5.41) is 0. The zero-order valence-corrected chi connectivity index (χ0v) is 10.5. The van der Waals surface area contributed by atoms with Gasteiger partial charge in [0, 0.05) is 5.69 Å². The number of rotatable bonds is 2. The molecule has 1 aromatic carbocycles. The van der Waals surface area contributed by atoms with Gasteiger partial charge in [-0.15, -0.1) is 0 Å². The minimum atomic E-state index is 0.311. The molecule has 2 aromatic rings. The predicted octanol–water partition coefficient (Wildman–Crippen LogP) is 3.25. The van der Waals surface area contributed by atoms with E-state index in [1.807, 2.05) is 18.2 Å². The monoisotopic (exact) mass is 245 g/mol. The largest absolute Gasteiger partial charge is 0.461 e. The van der Waals surface area contributed by atoms with Gasteiger partial charge < -0.3 is 15.5 Å². The number of imidazole rings is 1. The van der Waals surface area contributed by atoms with Crippen LogP contribution in [0.15, 0.2) is 18.2 Å². The number of nitrogens with zero attached hydrogens (tertiary/aromatic N) is 1. The van der Waals surface area contributed by atoms with E-state index < -0.39 is 0 Å². The van der Waals surface area contributed by atoms with E-state index in [0.717, 1.165) is 29.6 Å². The summed E-state index contributed by atoms with van der Waals surface area (Å²) >= 11 is 0. The van der Waals surface area contributed by atoms with Gasteiger partial charge in [-0.1, -0.05) is 12.8 Å². The first-order chi connectivity index (χ1) is 8.81. The summed E-state index contributed by atoms with van der Waals surface area (Å²) in [6, 6.07) is 6.30. The molecule has 18 heavy (non-hydrogen) atoms. The van der Waals surface area contributed by atoms with Crippen LogP contribution in [0.3, 0.4) is 0 Å². The lowest BCUT2D eigenvalue weighted by atomic mass is 10.2. The number of aromatic nitrogens is 2. The van der Waals surface area contributed by atoms with Crippen LogP contribution in [-0.2, 0) is 0 Å². The summed E-state index contributed by atoms with van der Waals surface area (Å²) < 4.78 is 5.95. The summed E-state index contributed by atoms with van der Waals surface area (Å²) in [5.41, 5.74) is 8.35. The number of nitrogens with two attached hydrogens (primary N) is 1. The highest BCUT2D eigenvalue weighted by atomic mass is 16.5. The van der Waals surface area contributed by atoms with E-state index in [1.165, 1.54) is 25.7 Å². The molecule has 0 atom stereocenters. The molecule has 96 valence electrons. The van der Waals surface area contributed by atoms with Gasteiger partial charge in [-0.05, 0) is 43.9 Å². The van der Waals surface area contributed by atoms with Crippen LogP contribution >= 0.6 is 0 Å². The number of nitrogens with one attached hydrogen (secondary N) is 1. The molecular formula is C14H19N3O. The maximum absolute atomic E-state index is 5.95. The number of anilines is 1. The molecule has 0 aliphatic heterocycles. The molecule has 1 aliphatic rings. The van der Waals surface area contributed by atoms with E-state index in [0.29, 0.717) is 12.1 Å². The molecule has 0 radical (unpaired) electrons. The molecule has 1 aromatic heterocycles. The number of ether oxygens (including phenoxy) is 1. The van der Waals surface area contributed by atoms with Crippen LogP contribution in [0.25, 0.3) is 11.0 Å². The van der Waals surface area contributed by atoms with Crippen LogP contribution in [0, 0.1) is 0 Å². The van der Waals surface area contributed by atoms with Crippen LogP contribution in [-0.4, -0.2) is 16.1 Å².